The smallest absolute Gasteiger partial charge is 0.263 e. The zero-order valence-electron chi connectivity index (χ0n) is 11.5. The van der Waals surface area contributed by atoms with Crippen molar-refractivity contribution in [2.45, 2.75) is 31.3 Å². The zero-order chi connectivity index (χ0) is 15.5. The fourth-order valence-electron chi connectivity index (χ4n) is 1.56. The van der Waals surface area contributed by atoms with Crippen LogP contribution in [0.4, 0.5) is 9.52 Å². The lowest BCUT2D eigenvalue weighted by Crippen LogP contribution is -2.23. The molecule has 2 aromatic rings. The first-order valence-electron chi connectivity index (χ1n) is 6.19. The van der Waals surface area contributed by atoms with E-state index >= 15 is 0 Å². The van der Waals surface area contributed by atoms with Gasteiger partial charge in [0.05, 0.1) is 4.90 Å². The highest BCUT2D eigenvalue weighted by Gasteiger charge is 2.17. The van der Waals surface area contributed by atoms with E-state index in [4.69, 9.17) is 0 Å². The van der Waals surface area contributed by atoms with Gasteiger partial charge in [0.1, 0.15) is 11.3 Å². The molecule has 0 fully saturated rings. The van der Waals surface area contributed by atoms with Crippen molar-refractivity contribution in [2.75, 3.05) is 4.72 Å². The maximum absolute atomic E-state index is 13.7. The summed E-state index contributed by atoms with van der Waals surface area (Å²) in [7, 11) is -3.80. The predicted molar refractivity (Wildman–Crippen MR) is 79.1 cm³/mol. The Balaban J connectivity index is 2.25. The van der Waals surface area contributed by atoms with E-state index < -0.39 is 15.8 Å². The Hall–Kier alpha value is -1.58. The molecule has 21 heavy (non-hydrogen) atoms. The first kappa shape index (κ1) is 15.8. The Kier molecular flexibility index (Phi) is 4.86. The summed E-state index contributed by atoms with van der Waals surface area (Å²) in [6.45, 7) is 4.11. The van der Waals surface area contributed by atoms with Crippen molar-refractivity contribution >= 4 is 26.5 Å². The average Bonchev–Trinajstić information content (AvgIpc) is 2.89. The molecule has 114 valence electrons. The number of aromatic nitrogens is 2. The molecule has 9 heteroatoms. The van der Waals surface area contributed by atoms with Gasteiger partial charge in [-0.3, -0.25) is 4.72 Å². The maximum atomic E-state index is 13.7. The molecule has 0 saturated carbocycles. The van der Waals surface area contributed by atoms with Gasteiger partial charge in [-0.1, -0.05) is 25.2 Å². The molecule has 1 aromatic heterocycles. The highest BCUT2D eigenvalue weighted by atomic mass is 32.2. The van der Waals surface area contributed by atoms with Gasteiger partial charge in [-0.25, -0.2) is 12.8 Å². The van der Waals surface area contributed by atoms with Gasteiger partial charge in [0.25, 0.3) is 10.0 Å². The highest BCUT2D eigenvalue weighted by molar-refractivity contribution is 7.93. The van der Waals surface area contributed by atoms with Crippen LogP contribution < -0.4 is 10.0 Å². The Bertz CT molecular complexity index is 702. The van der Waals surface area contributed by atoms with E-state index in [-0.39, 0.29) is 22.6 Å². The lowest BCUT2D eigenvalue weighted by molar-refractivity contribution is 0.551. The third-order valence-electron chi connectivity index (χ3n) is 2.61. The number of anilines is 1. The standard InChI is InChI=1S/C12H15FN4O2S2/c1-8(2)14-6-9-5-10(3-4-11(9)13)21(18,19)17-12-16-15-7-20-12/h3-5,7-8,14H,6H2,1-2H3,(H,16,17). The van der Waals surface area contributed by atoms with Crippen molar-refractivity contribution in [3.63, 3.8) is 0 Å². The van der Waals surface area contributed by atoms with E-state index in [2.05, 4.69) is 20.2 Å². The second-order valence-corrected chi connectivity index (χ2v) is 7.15. The highest BCUT2D eigenvalue weighted by Crippen LogP contribution is 2.19. The van der Waals surface area contributed by atoms with Crippen LogP contribution in [0.15, 0.2) is 28.6 Å². The topological polar surface area (TPSA) is 84.0 Å². The van der Waals surface area contributed by atoms with Gasteiger partial charge in [0.2, 0.25) is 5.13 Å². The summed E-state index contributed by atoms with van der Waals surface area (Å²) in [5.41, 5.74) is 1.71. The van der Waals surface area contributed by atoms with Gasteiger partial charge in [-0.2, -0.15) is 0 Å². The summed E-state index contributed by atoms with van der Waals surface area (Å²) in [6.07, 6.45) is 0. The number of nitrogens with zero attached hydrogens (tertiary/aromatic N) is 2. The van der Waals surface area contributed by atoms with Crippen molar-refractivity contribution in [3.8, 4) is 0 Å². The van der Waals surface area contributed by atoms with Crippen LogP contribution in [0, 0.1) is 5.82 Å². The van der Waals surface area contributed by atoms with E-state index in [0.717, 1.165) is 17.4 Å². The van der Waals surface area contributed by atoms with Crippen LogP contribution in [0.3, 0.4) is 0 Å². The normalized spacial score (nSPS) is 11.8. The summed E-state index contributed by atoms with van der Waals surface area (Å²) >= 11 is 1.07. The fourth-order valence-corrected chi connectivity index (χ4v) is 3.30. The Labute approximate surface area is 126 Å². The SMILES string of the molecule is CC(C)NCc1cc(S(=O)(=O)Nc2nncs2)ccc1F. The van der Waals surface area contributed by atoms with Crippen LogP contribution in [-0.2, 0) is 16.6 Å². The van der Waals surface area contributed by atoms with Crippen LogP contribution in [0.1, 0.15) is 19.4 Å². The molecule has 1 heterocycles. The van der Waals surface area contributed by atoms with Crippen molar-refractivity contribution in [1.82, 2.24) is 15.5 Å². The first-order chi connectivity index (χ1) is 9.88. The number of hydrogen-bond donors (Lipinski definition) is 2. The summed E-state index contributed by atoms with van der Waals surface area (Å²) in [4.78, 5) is -0.0142. The van der Waals surface area contributed by atoms with E-state index in [1.54, 1.807) is 0 Å². The molecule has 6 nitrogen and oxygen atoms in total. The minimum Gasteiger partial charge on any atom is -0.310 e. The van der Waals surface area contributed by atoms with Crippen LogP contribution in [0.2, 0.25) is 0 Å². The molecule has 0 radical (unpaired) electrons. The Morgan fingerprint density at radius 1 is 1.38 bits per heavy atom. The van der Waals surface area contributed by atoms with Gasteiger partial charge in [0.15, 0.2) is 0 Å². The Morgan fingerprint density at radius 2 is 2.14 bits per heavy atom. The molecule has 1 aromatic carbocycles. The Morgan fingerprint density at radius 3 is 2.76 bits per heavy atom. The first-order valence-corrected chi connectivity index (χ1v) is 8.55. The third kappa shape index (κ3) is 4.19. The van der Waals surface area contributed by atoms with Gasteiger partial charge in [0, 0.05) is 18.2 Å². The maximum Gasteiger partial charge on any atom is 0.263 e. The lowest BCUT2D eigenvalue weighted by atomic mass is 10.2. The lowest BCUT2D eigenvalue weighted by Gasteiger charge is -2.11. The van der Waals surface area contributed by atoms with Crippen molar-refractivity contribution < 1.29 is 12.8 Å². The van der Waals surface area contributed by atoms with Crippen LogP contribution in [0.25, 0.3) is 0 Å². The van der Waals surface area contributed by atoms with Gasteiger partial charge in [-0.15, -0.1) is 10.2 Å². The summed E-state index contributed by atoms with van der Waals surface area (Å²) in [6, 6.07) is 3.85. The van der Waals surface area contributed by atoms with Gasteiger partial charge >= 0.3 is 0 Å². The number of hydrogen-bond acceptors (Lipinski definition) is 6. The molecular weight excluding hydrogens is 315 g/mol. The van der Waals surface area contributed by atoms with Crippen molar-refractivity contribution in [3.05, 3.63) is 35.1 Å². The largest absolute Gasteiger partial charge is 0.310 e. The summed E-state index contributed by atoms with van der Waals surface area (Å²) < 4.78 is 40.4. The molecule has 0 atom stereocenters. The molecule has 0 aliphatic rings. The molecule has 0 spiro atoms. The molecule has 0 bridgehead atoms. The van der Waals surface area contributed by atoms with Crippen LogP contribution in [-0.4, -0.2) is 24.7 Å². The van der Waals surface area contributed by atoms with Gasteiger partial charge in [-0.05, 0) is 18.2 Å². The number of rotatable bonds is 6. The monoisotopic (exact) mass is 330 g/mol. The van der Waals surface area contributed by atoms with Crippen LogP contribution in [0.5, 0.6) is 0 Å². The minimum absolute atomic E-state index is 0.0142. The number of benzene rings is 1. The van der Waals surface area contributed by atoms with Crippen molar-refractivity contribution in [2.24, 2.45) is 0 Å². The second-order valence-electron chi connectivity index (χ2n) is 4.64. The van der Waals surface area contributed by atoms with E-state index in [1.807, 2.05) is 13.8 Å². The van der Waals surface area contributed by atoms with E-state index in [9.17, 15) is 12.8 Å². The predicted octanol–water partition coefficient (Wildman–Crippen LogP) is 1.98. The number of nitrogens with one attached hydrogen (secondary N) is 2. The van der Waals surface area contributed by atoms with Crippen molar-refractivity contribution in [1.29, 1.82) is 0 Å². The molecule has 2 N–H and O–H groups in total. The quantitative estimate of drug-likeness (QED) is 0.846. The number of halogens is 1. The molecule has 0 amide bonds. The molecule has 0 aliphatic carbocycles. The van der Waals surface area contributed by atoms with E-state index in [0.29, 0.717) is 5.56 Å². The molecule has 0 unspecified atom stereocenters. The molecule has 2 rings (SSSR count). The summed E-state index contributed by atoms with van der Waals surface area (Å²) in [5, 5.41) is 10.4. The fraction of sp³-hybridized carbons (Fsp3) is 0.333. The zero-order valence-corrected chi connectivity index (χ0v) is 13.1. The van der Waals surface area contributed by atoms with Crippen LogP contribution >= 0.6 is 11.3 Å². The third-order valence-corrected chi connectivity index (χ3v) is 4.68. The number of sulfonamides is 1. The minimum atomic E-state index is -3.80. The molecule has 0 aliphatic heterocycles. The average molecular weight is 330 g/mol. The van der Waals surface area contributed by atoms with E-state index in [1.165, 1.54) is 17.6 Å². The molecule has 0 saturated heterocycles. The van der Waals surface area contributed by atoms with Gasteiger partial charge < -0.3 is 5.32 Å². The molecular formula is C12H15FN4O2S2. The summed E-state index contributed by atoms with van der Waals surface area (Å²) in [5.74, 6) is -0.446. The second kappa shape index (κ2) is 6.46.